The first-order chi connectivity index (χ1) is 16.6. The van der Waals surface area contributed by atoms with Gasteiger partial charge in [-0.25, -0.2) is 4.79 Å². The van der Waals surface area contributed by atoms with Crippen molar-refractivity contribution in [3.05, 3.63) is 65.7 Å². The van der Waals surface area contributed by atoms with Gasteiger partial charge in [0.05, 0.1) is 11.6 Å². The highest BCUT2D eigenvalue weighted by Crippen LogP contribution is 2.22. The third-order valence-corrected chi connectivity index (χ3v) is 6.11. The van der Waals surface area contributed by atoms with Gasteiger partial charge in [-0.05, 0) is 74.3 Å². The number of hydrogen-bond acceptors (Lipinski definition) is 7. The number of rotatable bonds is 11. The number of carbonyl (C=O) groups is 1. The molecule has 0 bridgehead atoms. The fourth-order valence-corrected chi connectivity index (χ4v) is 3.97. The predicted molar refractivity (Wildman–Crippen MR) is 133 cm³/mol. The zero-order chi connectivity index (χ0) is 24.2. The van der Waals surface area contributed by atoms with E-state index in [1.807, 2.05) is 25.0 Å². The average Bonchev–Trinajstić information content (AvgIpc) is 2.88. The lowest BCUT2D eigenvalue weighted by molar-refractivity contribution is -0.142. The fourth-order valence-electron chi connectivity index (χ4n) is 3.97. The van der Waals surface area contributed by atoms with E-state index in [-0.39, 0.29) is 13.2 Å². The van der Waals surface area contributed by atoms with Crippen molar-refractivity contribution < 1.29 is 14.3 Å². The smallest absolute Gasteiger partial charge is 0.325 e. The van der Waals surface area contributed by atoms with Crippen molar-refractivity contribution in [3.63, 3.8) is 0 Å². The van der Waals surface area contributed by atoms with E-state index in [2.05, 4.69) is 33.7 Å². The maximum atomic E-state index is 12.3. The second-order valence-corrected chi connectivity index (χ2v) is 8.63. The third-order valence-electron chi connectivity index (χ3n) is 6.11. The van der Waals surface area contributed by atoms with Gasteiger partial charge in [-0.1, -0.05) is 25.5 Å². The number of nitrogens with one attached hydrogen (secondary N) is 2. The number of nitrogens with zero attached hydrogens (tertiary/aromatic N) is 2. The van der Waals surface area contributed by atoms with Crippen LogP contribution in [0.15, 0.2) is 54.6 Å². The van der Waals surface area contributed by atoms with Crippen LogP contribution in [0.1, 0.15) is 43.7 Å². The molecule has 178 valence electrons. The average molecular weight is 461 g/mol. The molecule has 0 amide bonds. The molecule has 1 unspecified atom stereocenters. The first-order valence-corrected chi connectivity index (χ1v) is 11.8. The van der Waals surface area contributed by atoms with E-state index in [0.717, 1.165) is 25.3 Å². The van der Waals surface area contributed by atoms with Crippen LogP contribution >= 0.6 is 0 Å². The monoisotopic (exact) mass is 460 g/mol. The first kappa shape index (κ1) is 25.0. The van der Waals surface area contributed by atoms with Crippen molar-refractivity contribution in [2.75, 3.05) is 36.9 Å². The Bertz CT molecular complexity index is 1020. The molecule has 34 heavy (non-hydrogen) atoms. The molecule has 2 aromatic rings. The summed E-state index contributed by atoms with van der Waals surface area (Å²) in [4.78, 5) is 26.0. The van der Waals surface area contributed by atoms with Crippen LogP contribution < -0.4 is 10.6 Å². The third kappa shape index (κ3) is 7.48. The Morgan fingerprint density at radius 2 is 1.76 bits per heavy atom. The van der Waals surface area contributed by atoms with Gasteiger partial charge in [0, 0.05) is 24.0 Å². The van der Waals surface area contributed by atoms with Gasteiger partial charge in [-0.2, -0.15) is 5.26 Å². The normalized spacial score (nSPS) is 15.3. The van der Waals surface area contributed by atoms with E-state index in [0.29, 0.717) is 17.7 Å². The largest absolute Gasteiger partial charge is 0.462 e. The van der Waals surface area contributed by atoms with Gasteiger partial charge in [0.25, 0.3) is 0 Å². The van der Waals surface area contributed by atoms with Crippen LogP contribution in [0.5, 0.6) is 0 Å². The minimum absolute atomic E-state index is 0.00214. The van der Waals surface area contributed by atoms with Crippen LogP contribution in [0.4, 0.5) is 11.4 Å². The summed E-state index contributed by atoms with van der Waals surface area (Å²) < 4.78 is 5.48. The SMILES string of the molecule is CCC(C=C=O)(COC(=O)CNc1ccc(C#N)cc1)Nc1ccc(CN2CCCCC2)cc1. The number of hydrogen-bond donors (Lipinski definition) is 2. The molecular formula is C27H32N4O3. The van der Waals surface area contributed by atoms with Crippen LogP contribution in [-0.2, 0) is 20.9 Å². The molecule has 1 saturated heterocycles. The molecule has 0 aliphatic carbocycles. The van der Waals surface area contributed by atoms with Crippen molar-refractivity contribution in [2.45, 2.75) is 44.7 Å². The molecule has 0 spiro atoms. The molecule has 0 radical (unpaired) electrons. The number of esters is 1. The van der Waals surface area contributed by atoms with Gasteiger partial charge in [0.15, 0.2) is 0 Å². The molecule has 0 aromatic heterocycles. The van der Waals surface area contributed by atoms with Crippen molar-refractivity contribution >= 4 is 23.3 Å². The van der Waals surface area contributed by atoms with Crippen LogP contribution in [0.3, 0.4) is 0 Å². The number of carbonyl (C=O) groups excluding carboxylic acids is 2. The summed E-state index contributed by atoms with van der Waals surface area (Å²) in [6.45, 7) is 5.14. The highest BCUT2D eigenvalue weighted by atomic mass is 16.5. The Morgan fingerprint density at radius 1 is 1.09 bits per heavy atom. The second kappa shape index (κ2) is 12.6. The van der Waals surface area contributed by atoms with Gasteiger partial charge >= 0.3 is 5.97 Å². The molecule has 2 aromatic carbocycles. The molecule has 3 rings (SSSR count). The fraction of sp³-hybridized carbons (Fsp3) is 0.407. The van der Waals surface area contributed by atoms with Crippen LogP contribution in [0, 0.1) is 11.3 Å². The lowest BCUT2D eigenvalue weighted by atomic mass is 9.96. The zero-order valence-electron chi connectivity index (χ0n) is 19.7. The van der Waals surface area contributed by atoms with Crippen molar-refractivity contribution in [2.24, 2.45) is 0 Å². The second-order valence-electron chi connectivity index (χ2n) is 8.63. The van der Waals surface area contributed by atoms with Gasteiger partial charge in [-0.15, -0.1) is 0 Å². The molecule has 1 aliphatic heterocycles. The first-order valence-electron chi connectivity index (χ1n) is 11.8. The molecule has 7 heteroatoms. The van der Waals surface area contributed by atoms with Gasteiger partial charge < -0.3 is 15.4 Å². The molecule has 1 aliphatic rings. The van der Waals surface area contributed by atoms with Crippen LogP contribution in [0.2, 0.25) is 0 Å². The molecule has 1 fully saturated rings. The van der Waals surface area contributed by atoms with Crippen LogP contribution in [0.25, 0.3) is 0 Å². The maximum Gasteiger partial charge on any atom is 0.325 e. The summed E-state index contributed by atoms with van der Waals surface area (Å²) in [5, 5.41) is 15.2. The zero-order valence-corrected chi connectivity index (χ0v) is 19.7. The molecule has 1 heterocycles. The summed E-state index contributed by atoms with van der Waals surface area (Å²) in [5.41, 5.74) is 2.52. The van der Waals surface area contributed by atoms with Gasteiger partial charge in [0.1, 0.15) is 24.6 Å². The summed E-state index contributed by atoms with van der Waals surface area (Å²) in [6, 6.07) is 17.0. The Labute approximate surface area is 201 Å². The number of benzene rings is 2. The van der Waals surface area contributed by atoms with E-state index in [9.17, 15) is 9.59 Å². The van der Waals surface area contributed by atoms with Gasteiger partial charge in [0.2, 0.25) is 0 Å². The van der Waals surface area contributed by atoms with Crippen LogP contribution in [-0.4, -0.2) is 48.6 Å². The van der Waals surface area contributed by atoms with Gasteiger partial charge in [-0.3, -0.25) is 9.69 Å². The van der Waals surface area contributed by atoms with Crippen molar-refractivity contribution in [3.8, 4) is 6.07 Å². The Morgan fingerprint density at radius 3 is 2.38 bits per heavy atom. The molecular weight excluding hydrogens is 428 g/mol. The minimum atomic E-state index is -0.847. The lowest BCUT2D eigenvalue weighted by Gasteiger charge is -2.30. The molecule has 7 nitrogen and oxygen atoms in total. The highest BCUT2D eigenvalue weighted by molar-refractivity contribution is 5.75. The Hall–Kier alpha value is -3.59. The summed E-state index contributed by atoms with van der Waals surface area (Å²) in [5.74, 6) is 1.42. The topological polar surface area (TPSA) is 94.5 Å². The van der Waals surface area contributed by atoms with E-state index in [1.54, 1.807) is 24.3 Å². The highest BCUT2D eigenvalue weighted by Gasteiger charge is 2.28. The molecule has 0 saturated carbocycles. The summed E-state index contributed by atoms with van der Waals surface area (Å²) >= 11 is 0. The maximum absolute atomic E-state index is 12.3. The van der Waals surface area contributed by atoms with E-state index in [1.165, 1.54) is 30.9 Å². The standard InChI is InChI=1S/C27H32N4O3/c1-2-27(14-17-32,21-34-26(33)19-29-24-10-6-22(18-28)7-11-24)30-25-12-8-23(9-13-25)20-31-15-4-3-5-16-31/h6-14,29-30H,2-5,15-16,19-21H2,1H3. The number of likely N-dealkylation sites (tertiary alicyclic amines) is 1. The van der Waals surface area contributed by atoms with Crippen molar-refractivity contribution in [1.29, 1.82) is 5.26 Å². The molecule has 1 atom stereocenters. The number of nitriles is 1. The number of anilines is 2. The lowest BCUT2D eigenvalue weighted by Crippen LogP contribution is -2.42. The molecule has 2 N–H and O–H groups in total. The van der Waals surface area contributed by atoms with E-state index in [4.69, 9.17) is 10.00 Å². The Kier molecular flexibility index (Phi) is 9.28. The minimum Gasteiger partial charge on any atom is -0.462 e. The van der Waals surface area contributed by atoms with E-state index >= 15 is 0 Å². The quantitative estimate of drug-likeness (QED) is 0.384. The summed E-state index contributed by atoms with van der Waals surface area (Å²) in [6.07, 6.45) is 5.76. The number of piperidine rings is 1. The number of ether oxygens (including phenoxy) is 1. The van der Waals surface area contributed by atoms with E-state index < -0.39 is 11.5 Å². The predicted octanol–water partition coefficient (Wildman–Crippen LogP) is 4.15. The van der Waals surface area contributed by atoms with Crippen molar-refractivity contribution in [1.82, 2.24) is 4.90 Å². The Balaban J connectivity index is 1.55. The summed E-state index contributed by atoms with van der Waals surface area (Å²) in [7, 11) is 0.